The summed E-state index contributed by atoms with van der Waals surface area (Å²) in [5.74, 6) is 0.395. The van der Waals surface area contributed by atoms with Crippen LogP contribution in [0.1, 0.15) is 6.42 Å². The van der Waals surface area contributed by atoms with Crippen LogP contribution in [0.25, 0.3) is 0 Å². The van der Waals surface area contributed by atoms with Gasteiger partial charge in [0.1, 0.15) is 0 Å². The molecule has 1 unspecified atom stereocenters. The molecule has 0 radical (unpaired) electrons. The Bertz CT molecular complexity index is 366. The lowest BCUT2D eigenvalue weighted by Crippen LogP contribution is -2.26. The molecule has 5 nitrogen and oxygen atoms in total. The van der Waals surface area contributed by atoms with Crippen molar-refractivity contribution in [2.45, 2.75) is 12.5 Å². The molecular formula is C11H16N4O. The summed E-state index contributed by atoms with van der Waals surface area (Å²) < 4.78 is 0. The second-order valence-corrected chi connectivity index (χ2v) is 3.86. The number of nitrogens with one attached hydrogen (secondary N) is 1. The number of hydrogen-bond acceptors (Lipinski definition) is 3. The van der Waals surface area contributed by atoms with Gasteiger partial charge in [-0.2, -0.15) is 5.06 Å². The van der Waals surface area contributed by atoms with E-state index in [1.54, 1.807) is 0 Å². The summed E-state index contributed by atoms with van der Waals surface area (Å²) in [6, 6.07) is 9.74. The van der Waals surface area contributed by atoms with Gasteiger partial charge < -0.3 is 16.3 Å². The Kier molecular flexibility index (Phi) is 3.38. The van der Waals surface area contributed by atoms with Crippen LogP contribution in [0.5, 0.6) is 0 Å². The summed E-state index contributed by atoms with van der Waals surface area (Å²) in [7, 11) is 0. The van der Waals surface area contributed by atoms with Gasteiger partial charge in [0.05, 0.1) is 6.04 Å². The summed E-state index contributed by atoms with van der Waals surface area (Å²) in [5.41, 5.74) is 6.69. The number of guanidine groups is 1. The van der Waals surface area contributed by atoms with E-state index in [2.05, 4.69) is 10.3 Å². The van der Waals surface area contributed by atoms with Gasteiger partial charge >= 0.3 is 0 Å². The van der Waals surface area contributed by atoms with Gasteiger partial charge in [0.2, 0.25) is 0 Å². The normalized spacial score (nSPS) is 22.3. The van der Waals surface area contributed by atoms with E-state index in [4.69, 9.17) is 5.73 Å². The Morgan fingerprint density at radius 3 is 2.81 bits per heavy atom. The second kappa shape index (κ2) is 4.96. The Hall–Kier alpha value is -1.59. The topological polar surface area (TPSA) is 73.9 Å². The average Bonchev–Trinajstić information content (AvgIpc) is 2.65. The standard InChI is InChI=1S/C11H16N4O/c12-11(13-9-4-2-1-3-5-9)14-10-6-7-15(16)8-10/h1-5,10,16H,6-8H2,(H3,12,13,14). The lowest BCUT2D eigenvalue weighted by atomic mass is 10.3. The largest absolute Gasteiger partial charge is 0.370 e. The zero-order valence-corrected chi connectivity index (χ0v) is 9.00. The van der Waals surface area contributed by atoms with Crippen LogP contribution in [0.3, 0.4) is 0 Å². The van der Waals surface area contributed by atoms with E-state index in [-0.39, 0.29) is 6.04 Å². The first-order valence-electron chi connectivity index (χ1n) is 5.33. The molecule has 1 heterocycles. The molecule has 1 aromatic carbocycles. The molecule has 0 aliphatic carbocycles. The third-order valence-electron chi connectivity index (χ3n) is 2.51. The summed E-state index contributed by atoms with van der Waals surface area (Å²) in [6.07, 6.45) is 0.841. The summed E-state index contributed by atoms with van der Waals surface area (Å²) in [5, 5.41) is 13.5. The molecule has 0 bridgehead atoms. The van der Waals surface area contributed by atoms with Crippen molar-refractivity contribution in [3.05, 3.63) is 30.3 Å². The van der Waals surface area contributed by atoms with Crippen LogP contribution in [0, 0.1) is 0 Å². The van der Waals surface area contributed by atoms with E-state index in [0.29, 0.717) is 19.0 Å². The number of nitrogens with zero attached hydrogens (tertiary/aromatic N) is 2. The fourth-order valence-corrected chi connectivity index (χ4v) is 1.73. The zero-order valence-electron chi connectivity index (χ0n) is 9.00. The van der Waals surface area contributed by atoms with E-state index in [0.717, 1.165) is 12.1 Å². The van der Waals surface area contributed by atoms with Crippen molar-refractivity contribution in [3.8, 4) is 0 Å². The molecule has 0 spiro atoms. The van der Waals surface area contributed by atoms with Gasteiger partial charge in [-0.1, -0.05) is 18.2 Å². The summed E-state index contributed by atoms with van der Waals surface area (Å²) >= 11 is 0. The first-order chi connectivity index (χ1) is 7.74. The smallest absolute Gasteiger partial charge is 0.193 e. The van der Waals surface area contributed by atoms with Crippen molar-refractivity contribution in [1.29, 1.82) is 0 Å². The molecule has 1 aliphatic heterocycles. The van der Waals surface area contributed by atoms with Crippen LogP contribution >= 0.6 is 0 Å². The fraction of sp³-hybridized carbons (Fsp3) is 0.364. The first kappa shape index (κ1) is 10.9. The zero-order chi connectivity index (χ0) is 11.4. The first-order valence-corrected chi connectivity index (χ1v) is 5.33. The van der Waals surface area contributed by atoms with Gasteiger partial charge in [-0.25, -0.2) is 4.99 Å². The fourth-order valence-electron chi connectivity index (χ4n) is 1.73. The van der Waals surface area contributed by atoms with Crippen molar-refractivity contribution >= 4 is 11.6 Å². The minimum absolute atomic E-state index is 0.0845. The maximum Gasteiger partial charge on any atom is 0.193 e. The number of aliphatic imine (C=N–C) groups is 1. The van der Waals surface area contributed by atoms with E-state index in [1.807, 2.05) is 30.3 Å². The minimum Gasteiger partial charge on any atom is -0.370 e. The van der Waals surface area contributed by atoms with Crippen LogP contribution in [-0.2, 0) is 0 Å². The average molecular weight is 220 g/mol. The number of anilines is 1. The third-order valence-corrected chi connectivity index (χ3v) is 2.51. The van der Waals surface area contributed by atoms with E-state index in [9.17, 15) is 5.21 Å². The molecule has 86 valence electrons. The Morgan fingerprint density at radius 1 is 1.44 bits per heavy atom. The molecule has 0 saturated carbocycles. The van der Waals surface area contributed by atoms with Gasteiger partial charge in [-0.15, -0.1) is 0 Å². The van der Waals surface area contributed by atoms with Gasteiger partial charge in [-0.3, -0.25) is 0 Å². The van der Waals surface area contributed by atoms with Gasteiger partial charge in [0, 0.05) is 18.8 Å². The van der Waals surface area contributed by atoms with Gasteiger partial charge in [0.15, 0.2) is 5.96 Å². The maximum absolute atomic E-state index is 9.21. The Balaban J connectivity index is 1.92. The van der Waals surface area contributed by atoms with Crippen molar-refractivity contribution in [2.75, 3.05) is 18.4 Å². The van der Waals surface area contributed by atoms with Crippen molar-refractivity contribution in [3.63, 3.8) is 0 Å². The number of hydroxylamine groups is 2. The Labute approximate surface area is 94.5 Å². The van der Waals surface area contributed by atoms with Crippen molar-refractivity contribution < 1.29 is 5.21 Å². The van der Waals surface area contributed by atoms with Gasteiger partial charge in [0.25, 0.3) is 0 Å². The molecule has 4 N–H and O–H groups in total. The monoisotopic (exact) mass is 220 g/mol. The molecule has 0 amide bonds. The van der Waals surface area contributed by atoms with E-state index in [1.165, 1.54) is 5.06 Å². The highest BCUT2D eigenvalue weighted by atomic mass is 16.5. The van der Waals surface area contributed by atoms with Crippen molar-refractivity contribution in [2.24, 2.45) is 10.7 Å². The second-order valence-electron chi connectivity index (χ2n) is 3.86. The van der Waals surface area contributed by atoms with E-state index >= 15 is 0 Å². The molecule has 0 aromatic heterocycles. The lowest BCUT2D eigenvalue weighted by Gasteiger charge is -2.08. The van der Waals surface area contributed by atoms with Crippen LogP contribution in [-0.4, -0.2) is 35.4 Å². The van der Waals surface area contributed by atoms with E-state index < -0.39 is 0 Å². The molecule has 5 heteroatoms. The number of nitrogens with two attached hydrogens (primary N) is 1. The molecule has 1 aliphatic rings. The highest BCUT2D eigenvalue weighted by Crippen LogP contribution is 2.10. The predicted molar refractivity (Wildman–Crippen MR) is 63.5 cm³/mol. The molecule has 1 aromatic rings. The molecule has 16 heavy (non-hydrogen) atoms. The third kappa shape index (κ3) is 2.95. The highest BCUT2D eigenvalue weighted by molar-refractivity contribution is 5.92. The maximum atomic E-state index is 9.21. The highest BCUT2D eigenvalue weighted by Gasteiger charge is 2.20. The number of hydrogen-bond donors (Lipinski definition) is 3. The van der Waals surface area contributed by atoms with Crippen LogP contribution < -0.4 is 11.1 Å². The summed E-state index contributed by atoms with van der Waals surface area (Å²) in [6.45, 7) is 1.21. The van der Waals surface area contributed by atoms with Gasteiger partial charge in [-0.05, 0) is 18.6 Å². The number of rotatable bonds is 2. The molecule has 2 rings (SSSR count). The van der Waals surface area contributed by atoms with Crippen molar-refractivity contribution in [1.82, 2.24) is 5.06 Å². The summed E-state index contributed by atoms with van der Waals surface area (Å²) in [4.78, 5) is 4.30. The number of para-hydroxylation sites is 1. The number of benzene rings is 1. The van der Waals surface area contributed by atoms with Crippen LogP contribution in [0.15, 0.2) is 35.3 Å². The molecular weight excluding hydrogens is 204 g/mol. The lowest BCUT2D eigenvalue weighted by molar-refractivity contribution is -0.0688. The quantitative estimate of drug-likeness (QED) is 0.511. The minimum atomic E-state index is 0.0845. The molecule has 1 atom stereocenters. The van der Waals surface area contributed by atoms with Crippen LogP contribution in [0.4, 0.5) is 5.69 Å². The Morgan fingerprint density at radius 2 is 2.19 bits per heavy atom. The molecule has 1 fully saturated rings. The van der Waals surface area contributed by atoms with Crippen LogP contribution in [0.2, 0.25) is 0 Å². The SMILES string of the molecule is NC(=NC1CCN(O)C1)Nc1ccccc1. The molecule has 1 saturated heterocycles. The predicted octanol–water partition coefficient (Wildman–Crippen LogP) is 0.877.